The maximum Gasteiger partial charge on any atom is 0.461 e. The lowest BCUT2D eigenvalue weighted by Crippen LogP contribution is -2.42. The average Bonchev–Trinajstić information content (AvgIpc) is 2.69. The third kappa shape index (κ3) is 3.17. The van der Waals surface area contributed by atoms with Crippen molar-refractivity contribution in [3.05, 3.63) is 11.6 Å². The predicted octanol–water partition coefficient (Wildman–Crippen LogP) is 2.68. The minimum atomic E-state index is -6.39. The molecule has 0 saturated heterocycles. The van der Waals surface area contributed by atoms with Crippen LogP contribution in [0.3, 0.4) is 0 Å². The Balaban J connectivity index is 3.63. The predicted molar refractivity (Wildman–Crippen MR) is 50.0 cm³/mol. The highest BCUT2D eigenvalue weighted by atomic mass is 19.4. The molecule has 5 nitrogen and oxygen atoms in total. The smallest absolute Gasteiger partial charge is 0.274 e. The number of aromatic nitrogens is 3. The molecule has 132 valence electrons. The molecule has 0 spiro atoms. The minimum Gasteiger partial charge on any atom is -0.274 e. The fraction of sp³-hybridized carbons (Fsp3) is 0.625. The summed E-state index contributed by atoms with van der Waals surface area (Å²) >= 11 is 0. The minimum absolute atomic E-state index is 0.463. The van der Waals surface area contributed by atoms with E-state index in [4.69, 9.17) is 0 Å². The van der Waals surface area contributed by atoms with Gasteiger partial charge in [0.25, 0.3) is 0 Å². The first-order chi connectivity index (χ1) is 10.0. The summed E-state index contributed by atoms with van der Waals surface area (Å²) in [4.78, 5) is 10.7. The van der Waals surface area contributed by atoms with Gasteiger partial charge in [-0.05, 0) is 0 Å². The van der Waals surface area contributed by atoms with Crippen LogP contribution in [-0.2, 0) is 16.6 Å². The number of amides is 1. The molecule has 0 atom stereocenters. The second-order valence-corrected chi connectivity index (χ2v) is 3.99. The van der Waals surface area contributed by atoms with Crippen LogP contribution in [0.1, 0.15) is 18.6 Å². The molecule has 0 bridgehead atoms. The zero-order valence-electron chi connectivity index (χ0n) is 10.5. The van der Waals surface area contributed by atoms with Crippen molar-refractivity contribution in [2.75, 3.05) is 5.43 Å². The molecule has 23 heavy (non-hydrogen) atoms. The number of halogens is 10. The normalized spacial score (nSPS) is 14.0. The second kappa shape index (κ2) is 5.23. The van der Waals surface area contributed by atoms with Crippen LogP contribution in [0, 0.1) is 0 Å². The van der Waals surface area contributed by atoms with E-state index in [0.717, 1.165) is 5.43 Å². The van der Waals surface area contributed by atoms with E-state index in [9.17, 15) is 48.7 Å². The zero-order valence-corrected chi connectivity index (χ0v) is 10.5. The Morgan fingerprint density at radius 3 is 1.35 bits per heavy atom. The SMILES string of the molecule is CC(=O)Nn1c(C(F)(F)C(F)(F)F)nnc1C(F)(F)C(F)(F)F. The summed E-state index contributed by atoms with van der Waals surface area (Å²) in [7, 11) is 0. The lowest BCUT2D eigenvalue weighted by Gasteiger charge is -2.22. The Kier molecular flexibility index (Phi) is 4.31. The highest BCUT2D eigenvalue weighted by Gasteiger charge is 2.66. The number of carbonyl (C=O) groups is 1. The standard InChI is InChI=1S/C8H4F10N4O/c1-2(23)21-22-3(5(9,10)7(13,14)15)19-20-4(22)6(11,12)8(16,17)18/h1H3,(H,21,23). The number of nitrogens with one attached hydrogen (secondary N) is 1. The summed E-state index contributed by atoms with van der Waals surface area (Å²) in [6.45, 7) is 0.463. The van der Waals surface area contributed by atoms with Crippen molar-refractivity contribution < 1.29 is 48.7 Å². The van der Waals surface area contributed by atoms with Gasteiger partial charge in [0, 0.05) is 6.92 Å². The van der Waals surface area contributed by atoms with Crippen LogP contribution in [-0.4, -0.2) is 33.1 Å². The first-order valence-corrected chi connectivity index (χ1v) is 5.16. The summed E-state index contributed by atoms with van der Waals surface area (Å²) < 4.78 is 125. The van der Waals surface area contributed by atoms with Crippen LogP contribution < -0.4 is 5.43 Å². The molecule has 15 heteroatoms. The molecule has 0 aliphatic heterocycles. The summed E-state index contributed by atoms with van der Waals surface area (Å²) in [5.41, 5.74) is 0.971. The van der Waals surface area contributed by atoms with E-state index < -0.39 is 46.4 Å². The second-order valence-electron chi connectivity index (χ2n) is 3.99. The van der Waals surface area contributed by atoms with Crippen molar-refractivity contribution >= 4 is 5.91 Å². The van der Waals surface area contributed by atoms with Crippen molar-refractivity contribution in [1.29, 1.82) is 0 Å². The molecule has 1 amide bonds. The molecule has 0 aliphatic carbocycles. The Bertz CT molecular complexity index is 557. The Morgan fingerprint density at radius 2 is 1.13 bits per heavy atom. The van der Waals surface area contributed by atoms with Gasteiger partial charge < -0.3 is 0 Å². The largest absolute Gasteiger partial charge is 0.461 e. The van der Waals surface area contributed by atoms with Crippen molar-refractivity contribution in [2.24, 2.45) is 0 Å². The van der Waals surface area contributed by atoms with Crippen molar-refractivity contribution in [3.63, 3.8) is 0 Å². The van der Waals surface area contributed by atoms with E-state index in [1.54, 1.807) is 0 Å². The van der Waals surface area contributed by atoms with Gasteiger partial charge in [-0.2, -0.15) is 43.9 Å². The van der Waals surface area contributed by atoms with Gasteiger partial charge in [0.05, 0.1) is 0 Å². The molecule has 1 N–H and O–H groups in total. The molecule has 1 aromatic heterocycles. The first kappa shape index (κ1) is 19.0. The topological polar surface area (TPSA) is 59.8 Å². The molecule has 1 heterocycles. The van der Waals surface area contributed by atoms with Gasteiger partial charge in [0.2, 0.25) is 17.6 Å². The van der Waals surface area contributed by atoms with Gasteiger partial charge in [-0.1, -0.05) is 0 Å². The maximum absolute atomic E-state index is 13.1. The third-order valence-corrected chi connectivity index (χ3v) is 2.21. The number of alkyl halides is 10. The molecular formula is C8H4F10N4O. The highest BCUT2D eigenvalue weighted by Crippen LogP contribution is 2.46. The molecule has 0 aromatic carbocycles. The van der Waals surface area contributed by atoms with Crippen LogP contribution in [0.4, 0.5) is 43.9 Å². The van der Waals surface area contributed by atoms with Crippen LogP contribution in [0.25, 0.3) is 0 Å². The van der Waals surface area contributed by atoms with Gasteiger partial charge in [0.15, 0.2) is 0 Å². The van der Waals surface area contributed by atoms with Crippen molar-refractivity contribution in [3.8, 4) is 0 Å². The van der Waals surface area contributed by atoms with Crippen LogP contribution >= 0.6 is 0 Å². The summed E-state index contributed by atoms with van der Waals surface area (Å²) in [5, 5.41) is 4.07. The molecule has 0 unspecified atom stereocenters. The van der Waals surface area contributed by atoms with E-state index >= 15 is 0 Å². The number of hydrogen-bond donors (Lipinski definition) is 1. The molecule has 0 saturated carbocycles. The fourth-order valence-corrected chi connectivity index (χ4v) is 1.21. The van der Waals surface area contributed by atoms with Gasteiger partial charge in [-0.3, -0.25) is 10.2 Å². The van der Waals surface area contributed by atoms with E-state index in [-0.39, 0.29) is 0 Å². The quantitative estimate of drug-likeness (QED) is 0.842. The molecule has 1 rings (SSSR count). The Labute approximate surface area is 119 Å². The summed E-state index contributed by atoms with van der Waals surface area (Å²) in [5.74, 6) is -18.7. The summed E-state index contributed by atoms with van der Waals surface area (Å²) in [6, 6.07) is 0. The van der Waals surface area contributed by atoms with Gasteiger partial charge in [0.1, 0.15) is 0 Å². The first-order valence-electron chi connectivity index (χ1n) is 5.16. The number of carbonyl (C=O) groups excluding carboxylic acids is 1. The van der Waals surface area contributed by atoms with Crippen molar-refractivity contribution in [1.82, 2.24) is 14.9 Å². The van der Waals surface area contributed by atoms with E-state index in [1.165, 1.54) is 0 Å². The fourth-order valence-electron chi connectivity index (χ4n) is 1.21. The molecular weight excluding hydrogens is 358 g/mol. The highest BCUT2D eigenvalue weighted by molar-refractivity contribution is 5.81. The lowest BCUT2D eigenvalue weighted by atomic mass is 10.3. The number of hydrogen-bond acceptors (Lipinski definition) is 3. The molecule has 1 aromatic rings. The zero-order chi connectivity index (χ0) is 18.4. The van der Waals surface area contributed by atoms with E-state index in [2.05, 4.69) is 0 Å². The van der Waals surface area contributed by atoms with Crippen LogP contribution in [0.2, 0.25) is 0 Å². The molecule has 0 fully saturated rings. The van der Waals surface area contributed by atoms with Gasteiger partial charge in [-0.25, -0.2) is 4.68 Å². The molecule has 0 aliphatic rings. The number of rotatable bonds is 3. The van der Waals surface area contributed by atoms with E-state index in [1.807, 2.05) is 10.2 Å². The average molecular weight is 362 g/mol. The Morgan fingerprint density at radius 1 is 0.826 bits per heavy atom. The van der Waals surface area contributed by atoms with Gasteiger partial charge in [-0.15, -0.1) is 10.2 Å². The van der Waals surface area contributed by atoms with Crippen LogP contribution in [0.5, 0.6) is 0 Å². The lowest BCUT2D eigenvalue weighted by molar-refractivity contribution is -0.297. The Hall–Kier alpha value is -2.09. The molecule has 0 radical (unpaired) electrons. The van der Waals surface area contributed by atoms with Crippen molar-refractivity contribution in [2.45, 2.75) is 31.1 Å². The van der Waals surface area contributed by atoms with E-state index in [0.29, 0.717) is 6.92 Å². The van der Waals surface area contributed by atoms with Crippen LogP contribution in [0.15, 0.2) is 0 Å². The van der Waals surface area contributed by atoms with Gasteiger partial charge >= 0.3 is 24.2 Å². The summed E-state index contributed by atoms with van der Waals surface area (Å²) in [6.07, 6.45) is -12.8. The maximum atomic E-state index is 13.1. The number of nitrogens with zero attached hydrogens (tertiary/aromatic N) is 3. The monoisotopic (exact) mass is 362 g/mol. The third-order valence-electron chi connectivity index (χ3n) is 2.21.